The van der Waals surface area contributed by atoms with Crippen molar-refractivity contribution in [3.8, 4) is 0 Å². The lowest BCUT2D eigenvalue weighted by atomic mass is 10.1. The maximum absolute atomic E-state index is 13.5. The molecule has 5 nitrogen and oxygen atoms in total. The topological polar surface area (TPSA) is 67.8 Å². The van der Waals surface area contributed by atoms with E-state index in [4.69, 9.17) is 8.85 Å². The predicted octanol–water partition coefficient (Wildman–Crippen LogP) is 2.51. The van der Waals surface area contributed by atoms with Crippen molar-refractivity contribution in [3.05, 3.63) is 34.6 Å². The van der Waals surface area contributed by atoms with Crippen LogP contribution >= 0.6 is 0 Å². The molecule has 0 spiro atoms. The average molecular weight is 387 g/mol. The fraction of sp³-hybridized carbons (Fsp3) is 0.500. The molecule has 0 atom stereocenters. The van der Waals surface area contributed by atoms with Gasteiger partial charge in [0.15, 0.2) is 23.3 Å². The Kier molecular flexibility index (Phi) is 7.92. The van der Waals surface area contributed by atoms with Crippen molar-refractivity contribution >= 4 is 14.7 Å². The summed E-state index contributed by atoms with van der Waals surface area (Å²) >= 11 is 0. The van der Waals surface area contributed by atoms with Crippen LogP contribution < -0.4 is 5.32 Å². The van der Waals surface area contributed by atoms with Crippen LogP contribution in [0, 0.1) is 29.1 Å². The molecule has 1 aromatic carbocycles. The summed E-state index contributed by atoms with van der Waals surface area (Å²) in [5.41, 5.74) is -1.56. The largest absolute Gasteiger partial charge is 0.498 e. The molecule has 0 aliphatic carbocycles. The molecule has 0 heterocycles. The molecule has 0 aliphatic rings. The molecule has 1 aromatic rings. The van der Waals surface area contributed by atoms with Crippen molar-refractivity contribution in [2.45, 2.75) is 26.3 Å². The quantitative estimate of drug-likeness (QED) is 0.225. The molecule has 0 aliphatic heterocycles. The molecule has 0 bridgehead atoms. The minimum Gasteiger partial charge on any atom is -0.390 e. The fourth-order valence-electron chi connectivity index (χ4n) is 2.04. The van der Waals surface area contributed by atoms with Gasteiger partial charge in [0.05, 0.1) is 0 Å². The molecule has 0 saturated heterocycles. The molecule has 0 radical (unpaired) electrons. The number of nitrogens with one attached hydrogen (secondary N) is 1. The highest BCUT2D eigenvalue weighted by Gasteiger charge is 2.35. The van der Waals surface area contributed by atoms with Gasteiger partial charge in [0.2, 0.25) is 5.82 Å². The maximum atomic E-state index is 13.5. The zero-order chi connectivity index (χ0) is 19.2. The van der Waals surface area contributed by atoms with Crippen LogP contribution in [0.2, 0.25) is 6.04 Å². The van der Waals surface area contributed by atoms with Crippen molar-refractivity contribution in [1.82, 2.24) is 5.32 Å². The van der Waals surface area contributed by atoms with E-state index in [1.807, 2.05) is 5.32 Å². The van der Waals surface area contributed by atoms with E-state index >= 15 is 0 Å². The van der Waals surface area contributed by atoms with Gasteiger partial charge in [-0.2, -0.15) is 0 Å². The summed E-state index contributed by atoms with van der Waals surface area (Å²) in [6.45, 7) is 3.54. The van der Waals surface area contributed by atoms with E-state index in [1.165, 1.54) is 0 Å². The molecule has 11 heteroatoms. The number of carbonyl (C=O) groups excluding carboxylic acids is 1. The standard InChI is InChI=1S/C14H18F5NO4Si/c1-3-23-25(22,24-4-2)7-5-6-20-14(21)8-9(15)11(17)13(19)12(18)10(8)16/h22H,3-7H2,1-2H3,(H,20,21). The van der Waals surface area contributed by atoms with Gasteiger partial charge in [-0.05, 0) is 20.3 Å². The number of hydrogen-bond acceptors (Lipinski definition) is 4. The minimum absolute atomic E-state index is 0.0477. The molecular formula is C14H18F5NO4Si. The number of halogens is 5. The van der Waals surface area contributed by atoms with Crippen LogP contribution in [0.3, 0.4) is 0 Å². The second-order valence-corrected chi connectivity index (χ2v) is 7.39. The second kappa shape index (κ2) is 9.22. The summed E-state index contributed by atoms with van der Waals surface area (Å²) in [5, 5.41) is 2.04. The van der Waals surface area contributed by atoms with Gasteiger partial charge in [0.1, 0.15) is 5.56 Å². The first kappa shape index (κ1) is 21.5. The number of carbonyl (C=O) groups is 1. The van der Waals surface area contributed by atoms with E-state index < -0.39 is 49.4 Å². The Morgan fingerprint density at radius 3 is 1.84 bits per heavy atom. The Bertz CT molecular complexity index is 597. The fourth-order valence-corrected chi connectivity index (χ4v) is 3.94. The summed E-state index contributed by atoms with van der Waals surface area (Å²) in [6, 6.07) is 0.0477. The van der Waals surface area contributed by atoms with Crippen molar-refractivity contribution in [1.29, 1.82) is 0 Å². The molecule has 0 fully saturated rings. The van der Waals surface area contributed by atoms with E-state index in [2.05, 4.69) is 0 Å². The minimum atomic E-state index is -3.42. The molecule has 1 rings (SSSR count). The van der Waals surface area contributed by atoms with Gasteiger partial charge in [0.25, 0.3) is 5.91 Å². The van der Waals surface area contributed by atoms with Gasteiger partial charge in [-0.25, -0.2) is 22.0 Å². The van der Waals surface area contributed by atoms with Gasteiger partial charge in [0, 0.05) is 25.8 Å². The van der Waals surface area contributed by atoms with Gasteiger partial charge < -0.3 is 19.0 Å². The summed E-state index contributed by atoms with van der Waals surface area (Å²) in [5.74, 6) is -12.6. The van der Waals surface area contributed by atoms with Crippen molar-refractivity contribution in [2.75, 3.05) is 19.8 Å². The third kappa shape index (κ3) is 5.20. The zero-order valence-corrected chi connectivity index (χ0v) is 14.6. The molecule has 0 unspecified atom stereocenters. The maximum Gasteiger partial charge on any atom is 0.498 e. The van der Waals surface area contributed by atoms with Gasteiger partial charge >= 0.3 is 8.80 Å². The Morgan fingerprint density at radius 1 is 0.960 bits per heavy atom. The molecule has 2 N–H and O–H groups in total. The van der Waals surface area contributed by atoms with Gasteiger partial charge in [-0.15, -0.1) is 0 Å². The van der Waals surface area contributed by atoms with Crippen LogP contribution in [0.4, 0.5) is 22.0 Å². The SMILES string of the molecule is CCO[Si](O)(CCCNC(=O)c1c(F)c(F)c(F)c(F)c1F)OCC. The molecular weight excluding hydrogens is 369 g/mol. The monoisotopic (exact) mass is 387 g/mol. The molecule has 0 aromatic heterocycles. The second-order valence-electron chi connectivity index (χ2n) is 4.88. The average Bonchev–Trinajstić information content (AvgIpc) is 2.56. The van der Waals surface area contributed by atoms with Crippen molar-refractivity contribution < 1.29 is 40.4 Å². The van der Waals surface area contributed by atoms with Gasteiger partial charge in [-0.3, -0.25) is 4.79 Å². The highest BCUT2D eigenvalue weighted by atomic mass is 28.4. The van der Waals surface area contributed by atoms with E-state index in [-0.39, 0.29) is 32.2 Å². The lowest BCUT2D eigenvalue weighted by molar-refractivity contribution is 0.0932. The number of rotatable bonds is 9. The summed E-state index contributed by atoms with van der Waals surface area (Å²) in [6.07, 6.45) is 0.115. The smallest absolute Gasteiger partial charge is 0.390 e. The first-order valence-corrected chi connectivity index (χ1v) is 9.45. The normalized spacial score (nSPS) is 11.7. The van der Waals surface area contributed by atoms with Crippen LogP contribution in [0.25, 0.3) is 0 Å². The molecule has 25 heavy (non-hydrogen) atoms. The number of benzene rings is 1. The number of hydrogen-bond donors (Lipinski definition) is 2. The predicted molar refractivity (Wildman–Crippen MR) is 79.2 cm³/mol. The Labute approximate surface area is 142 Å². The van der Waals surface area contributed by atoms with Crippen LogP contribution in [-0.4, -0.2) is 39.3 Å². The van der Waals surface area contributed by atoms with Crippen LogP contribution in [0.5, 0.6) is 0 Å². The Balaban J connectivity index is 2.73. The van der Waals surface area contributed by atoms with E-state index in [0.717, 1.165) is 0 Å². The number of amides is 1. The summed E-state index contributed by atoms with van der Waals surface area (Å²) < 4.78 is 76.4. The molecule has 142 valence electrons. The van der Waals surface area contributed by atoms with Crippen LogP contribution in [0.15, 0.2) is 0 Å². The first-order valence-electron chi connectivity index (χ1n) is 7.48. The van der Waals surface area contributed by atoms with Gasteiger partial charge in [-0.1, -0.05) is 0 Å². The van der Waals surface area contributed by atoms with Crippen LogP contribution in [-0.2, 0) is 8.85 Å². The van der Waals surface area contributed by atoms with E-state index in [9.17, 15) is 31.5 Å². The Hall–Kier alpha value is -1.56. The van der Waals surface area contributed by atoms with Crippen molar-refractivity contribution in [3.63, 3.8) is 0 Å². The lowest BCUT2D eigenvalue weighted by Crippen LogP contribution is -2.43. The first-order chi connectivity index (χ1) is 11.7. The third-order valence-electron chi connectivity index (χ3n) is 3.13. The highest BCUT2D eigenvalue weighted by molar-refractivity contribution is 6.59. The third-order valence-corrected chi connectivity index (χ3v) is 5.60. The Morgan fingerprint density at radius 2 is 1.40 bits per heavy atom. The molecule has 1 amide bonds. The molecule has 0 saturated carbocycles. The summed E-state index contributed by atoms with van der Waals surface area (Å²) in [7, 11) is -3.42. The van der Waals surface area contributed by atoms with E-state index in [0.29, 0.717) is 0 Å². The van der Waals surface area contributed by atoms with Crippen molar-refractivity contribution in [2.24, 2.45) is 0 Å². The summed E-state index contributed by atoms with van der Waals surface area (Å²) in [4.78, 5) is 21.8. The highest BCUT2D eigenvalue weighted by Crippen LogP contribution is 2.23. The van der Waals surface area contributed by atoms with E-state index in [1.54, 1.807) is 13.8 Å². The lowest BCUT2D eigenvalue weighted by Gasteiger charge is -2.22. The van der Waals surface area contributed by atoms with Crippen LogP contribution in [0.1, 0.15) is 30.6 Å². The zero-order valence-electron chi connectivity index (χ0n) is 13.6.